The first-order valence-electron chi connectivity index (χ1n) is 6.71. The van der Waals surface area contributed by atoms with Gasteiger partial charge in [0.2, 0.25) is 5.56 Å². The molecule has 0 spiro atoms. The number of nitrogens with one attached hydrogen (secondary N) is 2. The Hall–Kier alpha value is -3.15. The molecule has 22 heavy (non-hydrogen) atoms. The van der Waals surface area contributed by atoms with Crippen LogP contribution >= 0.6 is 0 Å². The van der Waals surface area contributed by atoms with Crippen LogP contribution in [-0.2, 0) is 0 Å². The first kappa shape index (κ1) is 13.8. The molecule has 3 aromatic rings. The Labute approximate surface area is 126 Å². The van der Waals surface area contributed by atoms with E-state index in [2.05, 4.69) is 20.5 Å². The van der Waals surface area contributed by atoms with Gasteiger partial charge in [-0.3, -0.25) is 4.79 Å². The zero-order valence-electron chi connectivity index (χ0n) is 11.9. The van der Waals surface area contributed by atoms with E-state index in [0.29, 0.717) is 17.1 Å². The lowest BCUT2D eigenvalue weighted by Crippen LogP contribution is -2.02. The molecule has 2 heterocycles. The van der Waals surface area contributed by atoms with Crippen LogP contribution in [0.15, 0.2) is 53.5 Å². The van der Waals surface area contributed by atoms with E-state index in [-0.39, 0.29) is 11.3 Å². The Balaban J connectivity index is 2.00. The number of rotatable bonds is 3. The molecule has 0 aliphatic heterocycles. The van der Waals surface area contributed by atoms with Crippen LogP contribution in [0.4, 0.5) is 5.82 Å². The minimum absolute atomic E-state index is 0.0873. The lowest BCUT2D eigenvalue weighted by atomic mass is 10.0. The van der Waals surface area contributed by atoms with Crippen LogP contribution in [0.2, 0.25) is 0 Å². The van der Waals surface area contributed by atoms with Gasteiger partial charge in [-0.15, -0.1) is 10.2 Å². The summed E-state index contributed by atoms with van der Waals surface area (Å²) in [6, 6.07) is 12.0. The van der Waals surface area contributed by atoms with Gasteiger partial charge in [-0.2, -0.15) is 0 Å². The summed E-state index contributed by atoms with van der Waals surface area (Å²) in [6.07, 6.45) is 1.57. The highest BCUT2D eigenvalue weighted by molar-refractivity contribution is 5.74. The number of hydrogen-bond acceptors (Lipinski definition) is 5. The highest BCUT2D eigenvalue weighted by atomic mass is 16.3. The predicted octanol–water partition coefficient (Wildman–Crippen LogP) is 2.25. The van der Waals surface area contributed by atoms with E-state index < -0.39 is 0 Å². The van der Waals surface area contributed by atoms with Crippen molar-refractivity contribution in [2.45, 2.75) is 0 Å². The molecule has 6 nitrogen and oxygen atoms in total. The minimum atomic E-state index is -0.186. The molecule has 2 aromatic heterocycles. The molecule has 0 aliphatic rings. The maximum Gasteiger partial charge on any atom is 0.248 e. The van der Waals surface area contributed by atoms with E-state index in [1.807, 2.05) is 6.07 Å². The molecule has 0 amide bonds. The SMILES string of the molecule is CNc1ccc(-c2ccc(-c3cc[nH]c(=O)c3)cc2O)nn1. The summed E-state index contributed by atoms with van der Waals surface area (Å²) in [5.74, 6) is 0.743. The number of pyridine rings is 1. The van der Waals surface area contributed by atoms with Gasteiger partial charge in [0.1, 0.15) is 11.6 Å². The van der Waals surface area contributed by atoms with Crippen molar-refractivity contribution in [3.05, 3.63) is 59.0 Å². The standard InChI is InChI=1S/C16H14N4O2/c1-17-15-5-4-13(19-20-15)12-3-2-10(8-14(12)21)11-6-7-18-16(22)9-11/h2-9,21H,1H3,(H,17,20)(H,18,22). The van der Waals surface area contributed by atoms with Gasteiger partial charge in [-0.05, 0) is 41.5 Å². The fourth-order valence-electron chi connectivity index (χ4n) is 2.16. The Morgan fingerprint density at radius 3 is 2.50 bits per heavy atom. The number of nitrogens with zero attached hydrogens (tertiary/aromatic N) is 2. The molecule has 6 heteroatoms. The van der Waals surface area contributed by atoms with Gasteiger partial charge in [0, 0.05) is 24.9 Å². The molecule has 3 N–H and O–H groups in total. The molecule has 0 saturated heterocycles. The molecule has 0 saturated carbocycles. The number of aromatic hydroxyl groups is 1. The third kappa shape index (κ3) is 2.67. The number of anilines is 1. The normalized spacial score (nSPS) is 10.4. The van der Waals surface area contributed by atoms with Gasteiger partial charge in [0.25, 0.3) is 0 Å². The second kappa shape index (κ2) is 5.69. The molecular formula is C16H14N4O2. The van der Waals surface area contributed by atoms with Gasteiger partial charge in [0.15, 0.2) is 0 Å². The summed E-state index contributed by atoms with van der Waals surface area (Å²) in [6.45, 7) is 0. The molecule has 0 radical (unpaired) electrons. The zero-order valence-corrected chi connectivity index (χ0v) is 11.9. The molecule has 0 bridgehead atoms. The second-order valence-electron chi connectivity index (χ2n) is 4.73. The fourth-order valence-corrected chi connectivity index (χ4v) is 2.16. The average molecular weight is 294 g/mol. The van der Waals surface area contributed by atoms with Crippen LogP contribution in [0.25, 0.3) is 22.4 Å². The van der Waals surface area contributed by atoms with Crippen LogP contribution in [0.5, 0.6) is 5.75 Å². The van der Waals surface area contributed by atoms with Crippen LogP contribution in [-0.4, -0.2) is 27.3 Å². The van der Waals surface area contributed by atoms with Crippen molar-refractivity contribution in [1.82, 2.24) is 15.2 Å². The number of aromatic amines is 1. The Bertz CT molecular complexity index is 857. The van der Waals surface area contributed by atoms with Gasteiger partial charge in [-0.25, -0.2) is 0 Å². The van der Waals surface area contributed by atoms with Crippen molar-refractivity contribution in [2.24, 2.45) is 0 Å². The third-order valence-corrected chi connectivity index (χ3v) is 3.30. The number of phenols is 1. The second-order valence-corrected chi connectivity index (χ2v) is 4.73. The maximum absolute atomic E-state index is 11.4. The molecule has 0 fully saturated rings. The number of benzene rings is 1. The lowest BCUT2D eigenvalue weighted by Gasteiger charge is -2.07. The van der Waals surface area contributed by atoms with Crippen molar-refractivity contribution >= 4 is 5.82 Å². The van der Waals surface area contributed by atoms with Gasteiger partial charge >= 0.3 is 0 Å². The lowest BCUT2D eigenvalue weighted by molar-refractivity contribution is 0.477. The van der Waals surface area contributed by atoms with Crippen LogP contribution < -0.4 is 10.9 Å². The van der Waals surface area contributed by atoms with Crippen LogP contribution in [0, 0.1) is 0 Å². The minimum Gasteiger partial charge on any atom is -0.507 e. The van der Waals surface area contributed by atoms with Crippen molar-refractivity contribution in [2.75, 3.05) is 12.4 Å². The number of H-pyrrole nitrogens is 1. The van der Waals surface area contributed by atoms with E-state index in [9.17, 15) is 9.90 Å². The van der Waals surface area contributed by atoms with Crippen LogP contribution in [0.1, 0.15) is 0 Å². The predicted molar refractivity (Wildman–Crippen MR) is 84.7 cm³/mol. The van der Waals surface area contributed by atoms with Gasteiger partial charge < -0.3 is 15.4 Å². The van der Waals surface area contributed by atoms with Gasteiger partial charge in [-0.1, -0.05) is 6.07 Å². The highest BCUT2D eigenvalue weighted by Gasteiger charge is 2.09. The summed E-state index contributed by atoms with van der Waals surface area (Å²) in [7, 11) is 1.76. The fraction of sp³-hybridized carbons (Fsp3) is 0.0625. The van der Waals surface area contributed by atoms with Gasteiger partial charge in [0.05, 0.1) is 5.69 Å². The summed E-state index contributed by atoms with van der Waals surface area (Å²) < 4.78 is 0. The quantitative estimate of drug-likeness (QED) is 0.689. The number of aromatic nitrogens is 3. The first-order valence-corrected chi connectivity index (χ1v) is 6.71. The zero-order chi connectivity index (χ0) is 15.5. The average Bonchev–Trinajstić information content (AvgIpc) is 2.55. The first-order chi connectivity index (χ1) is 10.7. The summed E-state index contributed by atoms with van der Waals surface area (Å²) in [5, 5.41) is 21.2. The largest absolute Gasteiger partial charge is 0.507 e. The van der Waals surface area contributed by atoms with Crippen molar-refractivity contribution in [1.29, 1.82) is 0 Å². The van der Waals surface area contributed by atoms with Crippen molar-refractivity contribution in [3.63, 3.8) is 0 Å². The summed E-state index contributed by atoms with van der Waals surface area (Å²) >= 11 is 0. The molecule has 110 valence electrons. The maximum atomic E-state index is 11.4. The summed E-state index contributed by atoms with van der Waals surface area (Å²) in [5.41, 5.74) is 2.47. The smallest absolute Gasteiger partial charge is 0.248 e. The highest BCUT2D eigenvalue weighted by Crippen LogP contribution is 2.31. The molecule has 0 atom stereocenters. The molecular weight excluding hydrogens is 280 g/mol. The monoisotopic (exact) mass is 294 g/mol. The van der Waals surface area contributed by atoms with Crippen molar-refractivity contribution < 1.29 is 5.11 Å². The van der Waals surface area contributed by atoms with E-state index in [4.69, 9.17) is 0 Å². The molecule has 0 aliphatic carbocycles. The molecule has 3 rings (SSSR count). The van der Waals surface area contributed by atoms with E-state index >= 15 is 0 Å². The van der Waals surface area contributed by atoms with E-state index in [0.717, 1.165) is 11.1 Å². The Morgan fingerprint density at radius 2 is 1.86 bits per heavy atom. The number of phenolic OH excluding ortho intramolecular Hbond substituents is 1. The Morgan fingerprint density at radius 1 is 1.05 bits per heavy atom. The van der Waals surface area contributed by atoms with Crippen molar-refractivity contribution in [3.8, 4) is 28.1 Å². The molecule has 0 unspecified atom stereocenters. The number of hydrogen-bond donors (Lipinski definition) is 3. The molecule has 1 aromatic carbocycles. The summed E-state index contributed by atoms with van der Waals surface area (Å²) in [4.78, 5) is 13.9. The topological polar surface area (TPSA) is 90.9 Å². The Kier molecular flexibility index (Phi) is 3.57. The third-order valence-electron chi connectivity index (χ3n) is 3.30. The van der Waals surface area contributed by atoms with E-state index in [1.54, 1.807) is 43.6 Å². The van der Waals surface area contributed by atoms with E-state index in [1.165, 1.54) is 6.07 Å². The van der Waals surface area contributed by atoms with Crippen LogP contribution in [0.3, 0.4) is 0 Å².